The second kappa shape index (κ2) is 6.78. The Kier molecular flexibility index (Phi) is 5.04. The zero-order valence-electron chi connectivity index (χ0n) is 13.0. The Morgan fingerprint density at radius 1 is 1.33 bits per heavy atom. The van der Waals surface area contributed by atoms with Crippen molar-refractivity contribution in [2.24, 2.45) is 11.8 Å². The van der Waals surface area contributed by atoms with Gasteiger partial charge in [0.05, 0.1) is 6.26 Å². The average Bonchev–Trinajstić information content (AvgIpc) is 2.98. The number of likely N-dealkylation sites (tertiary alicyclic amines) is 1. The zero-order valence-corrected chi connectivity index (χ0v) is 13.0. The smallest absolute Gasteiger partial charge is 0.287 e. The molecule has 0 aliphatic carbocycles. The van der Waals surface area contributed by atoms with E-state index >= 15 is 0 Å². The highest BCUT2D eigenvalue weighted by atomic mass is 16.3. The van der Waals surface area contributed by atoms with Crippen LogP contribution in [0.3, 0.4) is 0 Å². The topological polar surface area (TPSA) is 62.6 Å². The fraction of sp³-hybridized carbons (Fsp3) is 0.625. The van der Waals surface area contributed by atoms with Crippen molar-refractivity contribution in [3.8, 4) is 0 Å². The van der Waals surface area contributed by atoms with Gasteiger partial charge in [-0.3, -0.25) is 9.59 Å². The van der Waals surface area contributed by atoms with E-state index in [1.165, 1.54) is 6.26 Å². The predicted molar refractivity (Wildman–Crippen MR) is 79.8 cm³/mol. The third-order valence-electron chi connectivity index (χ3n) is 4.06. The van der Waals surface area contributed by atoms with Crippen LogP contribution in [-0.2, 0) is 4.79 Å². The first-order valence-corrected chi connectivity index (χ1v) is 7.62. The monoisotopic (exact) mass is 292 g/mol. The summed E-state index contributed by atoms with van der Waals surface area (Å²) in [6, 6.07) is 2.75. The Morgan fingerprint density at radius 3 is 2.52 bits per heavy atom. The molecular formula is C16H24N2O3. The molecule has 1 saturated heterocycles. The Morgan fingerprint density at radius 2 is 2.00 bits per heavy atom. The van der Waals surface area contributed by atoms with E-state index in [9.17, 15) is 9.59 Å². The molecule has 0 radical (unpaired) electrons. The van der Waals surface area contributed by atoms with Gasteiger partial charge < -0.3 is 14.6 Å². The van der Waals surface area contributed by atoms with Crippen LogP contribution in [-0.4, -0.2) is 35.8 Å². The Balaban J connectivity index is 2.01. The Bertz CT molecular complexity index is 474. The molecule has 1 aromatic rings. The van der Waals surface area contributed by atoms with E-state index in [0.717, 1.165) is 25.9 Å². The fourth-order valence-electron chi connectivity index (χ4n) is 2.56. The van der Waals surface area contributed by atoms with Crippen LogP contribution in [0.1, 0.15) is 44.2 Å². The van der Waals surface area contributed by atoms with Gasteiger partial charge in [0.1, 0.15) is 6.04 Å². The summed E-state index contributed by atoms with van der Waals surface area (Å²) in [4.78, 5) is 26.6. The van der Waals surface area contributed by atoms with E-state index in [0.29, 0.717) is 5.92 Å². The minimum absolute atomic E-state index is 0.0109. The van der Waals surface area contributed by atoms with E-state index < -0.39 is 6.04 Å². The molecule has 1 aliphatic heterocycles. The van der Waals surface area contributed by atoms with Gasteiger partial charge in [0, 0.05) is 13.1 Å². The van der Waals surface area contributed by atoms with Crippen LogP contribution in [0.15, 0.2) is 22.8 Å². The molecule has 0 aromatic carbocycles. The normalized spacial score (nSPS) is 17.8. The Labute approximate surface area is 125 Å². The van der Waals surface area contributed by atoms with Crippen LogP contribution in [0, 0.1) is 11.8 Å². The molecule has 1 unspecified atom stereocenters. The lowest BCUT2D eigenvalue weighted by atomic mass is 9.96. The minimum Gasteiger partial charge on any atom is -0.459 e. The molecule has 2 heterocycles. The van der Waals surface area contributed by atoms with E-state index in [2.05, 4.69) is 12.2 Å². The molecular weight excluding hydrogens is 268 g/mol. The third-order valence-corrected chi connectivity index (χ3v) is 4.06. The number of rotatable bonds is 4. The molecule has 1 aliphatic rings. The molecule has 21 heavy (non-hydrogen) atoms. The largest absolute Gasteiger partial charge is 0.459 e. The average molecular weight is 292 g/mol. The van der Waals surface area contributed by atoms with Crippen LogP contribution >= 0.6 is 0 Å². The number of hydrogen-bond donors (Lipinski definition) is 1. The van der Waals surface area contributed by atoms with Crippen LogP contribution in [0.25, 0.3) is 0 Å². The molecule has 0 bridgehead atoms. The summed E-state index contributed by atoms with van der Waals surface area (Å²) in [6.07, 6.45) is 3.51. The van der Waals surface area contributed by atoms with Crippen molar-refractivity contribution in [1.29, 1.82) is 0 Å². The summed E-state index contributed by atoms with van der Waals surface area (Å²) in [5.41, 5.74) is 0. The SMILES string of the molecule is CC1CCN(C(=O)C(NC(=O)c2ccco2)C(C)C)CC1. The van der Waals surface area contributed by atoms with Gasteiger partial charge in [-0.2, -0.15) is 0 Å². The van der Waals surface area contributed by atoms with Gasteiger partial charge in [-0.25, -0.2) is 0 Å². The maximum absolute atomic E-state index is 12.6. The Hall–Kier alpha value is -1.78. The molecule has 1 fully saturated rings. The molecule has 0 spiro atoms. The van der Waals surface area contributed by atoms with Gasteiger partial charge in [0.2, 0.25) is 5.91 Å². The lowest BCUT2D eigenvalue weighted by Gasteiger charge is -2.34. The van der Waals surface area contributed by atoms with Crippen LogP contribution in [0.2, 0.25) is 0 Å². The maximum Gasteiger partial charge on any atom is 0.287 e. The number of carbonyl (C=O) groups excluding carboxylic acids is 2. The number of amides is 2. The number of carbonyl (C=O) groups is 2. The van der Waals surface area contributed by atoms with Crippen molar-refractivity contribution in [3.63, 3.8) is 0 Å². The molecule has 1 aromatic heterocycles. The van der Waals surface area contributed by atoms with E-state index in [1.54, 1.807) is 12.1 Å². The first-order valence-electron chi connectivity index (χ1n) is 7.62. The molecule has 2 rings (SSSR count). The van der Waals surface area contributed by atoms with Gasteiger partial charge in [0.15, 0.2) is 5.76 Å². The third kappa shape index (κ3) is 3.86. The number of nitrogens with one attached hydrogen (secondary N) is 1. The minimum atomic E-state index is -0.504. The lowest BCUT2D eigenvalue weighted by Crippen LogP contribution is -2.52. The van der Waals surface area contributed by atoms with Crippen molar-refractivity contribution >= 4 is 11.8 Å². The van der Waals surface area contributed by atoms with Gasteiger partial charge >= 0.3 is 0 Å². The van der Waals surface area contributed by atoms with Gasteiger partial charge in [-0.05, 0) is 36.8 Å². The molecule has 116 valence electrons. The molecule has 1 atom stereocenters. The van der Waals surface area contributed by atoms with Crippen molar-refractivity contribution in [2.75, 3.05) is 13.1 Å². The number of piperidine rings is 1. The van der Waals surface area contributed by atoms with Crippen molar-refractivity contribution in [2.45, 2.75) is 39.7 Å². The van der Waals surface area contributed by atoms with Gasteiger partial charge in [0.25, 0.3) is 5.91 Å². The molecule has 5 heteroatoms. The van der Waals surface area contributed by atoms with E-state index in [1.807, 2.05) is 18.7 Å². The lowest BCUT2D eigenvalue weighted by molar-refractivity contribution is -0.135. The standard InChI is InChI=1S/C16H24N2O3/c1-11(2)14(17-15(19)13-5-4-10-21-13)16(20)18-8-6-12(3)7-9-18/h4-5,10-12,14H,6-9H2,1-3H3,(H,17,19). The molecule has 2 amide bonds. The summed E-state index contributed by atoms with van der Waals surface area (Å²) < 4.78 is 5.08. The quantitative estimate of drug-likeness (QED) is 0.926. The summed E-state index contributed by atoms with van der Waals surface area (Å²) in [5, 5.41) is 2.80. The number of hydrogen-bond acceptors (Lipinski definition) is 3. The highest BCUT2D eigenvalue weighted by Crippen LogP contribution is 2.18. The molecule has 1 N–H and O–H groups in total. The molecule has 0 saturated carbocycles. The first kappa shape index (κ1) is 15.6. The first-order chi connectivity index (χ1) is 9.99. The van der Waals surface area contributed by atoms with Gasteiger partial charge in [-0.15, -0.1) is 0 Å². The summed E-state index contributed by atoms with van der Waals surface area (Å²) >= 11 is 0. The predicted octanol–water partition coefficient (Wildman–Crippen LogP) is 2.29. The summed E-state index contributed by atoms with van der Waals surface area (Å²) in [5.74, 6) is 0.620. The number of furan rings is 1. The van der Waals surface area contributed by atoms with Crippen molar-refractivity contribution < 1.29 is 14.0 Å². The van der Waals surface area contributed by atoms with Crippen LogP contribution < -0.4 is 5.32 Å². The molecule has 5 nitrogen and oxygen atoms in total. The second-order valence-electron chi connectivity index (χ2n) is 6.18. The van der Waals surface area contributed by atoms with Crippen molar-refractivity contribution in [3.05, 3.63) is 24.2 Å². The van der Waals surface area contributed by atoms with Crippen molar-refractivity contribution in [1.82, 2.24) is 10.2 Å². The highest BCUT2D eigenvalue weighted by Gasteiger charge is 2.31. The van der Waals surface area contributed by atoms with E-state index in [-0.39, 0.29) is 23.5 Å². The van der Waals surface area contributed by atoms with Crippen LogP contribution in [0.5, 0.6) is 0 Å². The highest BCUT2D eigenvalue weighted by molar-refractivity contribution is 5.95. The van der Waals surface area contributed by atoms with Gasteiger partial charge in [-0.1, -0.05) is 20.8 Å². The van der Waals surface area contributed by atoms with Crippen LogP contribution in [0.4, 0.5) is 0 Å². The second-order valence-corrected chi connectivity index (χ2v) is 6.18. The van der Waals surface area contributed by atoms with E-state index in [4.69, 9.17) is 4.42 Å². The maximum atomic E-state index is 12.6. The zero-order chi connectivity index (χ0) is 15.4. The number of nitrogens with zero attached hydrogens (tertiary/aromatic N) is 1. The summed E-state index contributed by atoms with van der Waals surface area (Å²) in [6.45, 7) is 7.65. The summed E-state index contributed by atoms with van der Waals surface area (Å²) in [7, 11) is 0. The fourth-order valence-corrected chi connectivity index (χ4v) is 2.56.